The van der Waals surface area contributed by atoms with Crippen LogP contribution in [0, 0.1) is 6.92 Å². The second-order valence-corrected chi connectivity index (χ2v) is 6.24. The van der Waals surface area contributed by atoms with Crippen molar-refractivity contribution in [2.45, 2.75) is 20.1 Å². The van der Waals surface area contributed by atoms with Crippen LogP contribution < -0.4 is 19.5 Å². The van der Waals surface area contributed by atoms with Crippen molar-refractivity contribution in [1.29, 1.82) is 0 Å². The number of hydrogen-bond acceptors (Lipinski definition) is 4. The van der Waals surface area contributed by atoms with Gasteiger partial charge in [0, 0.05) is 23.9 Å². The second kappa shape index (κ2) is 7.40. The largest absolute Gasteiger partial charge is 0.489 e. The molecule has 4 nitrogen and oxygen atoms in total. The molecule has 0 atom stereocenters. The van der Waals surface area contributed by atoms with Crippen molar-refractivity contribution in [3.63, 3.8) is 0 Å². The first-order valence-corrected chi connectivity index (χ1v) is 8.68. The summed E-state index contributed by atoms with van der Waals surface area (Å²) in [5.41, 5.74) is 4.54. The van der Waals surface area contributed by atoms with Crippen molar-refractivity contribution in [2.75, 3.05) is 12.1 Å². The molecule has 1 N–H and O–H groups in total. The maximum Gasteiger partial charge on any atom is 0.231 e. The van der Waals surface area contributed by atoms with Crippen LogP contribution in [0.25, 0.3) is 0 Å². The Bertz CT molecular complexity index is 907. The minimum absolute atomic E-state index is 0.286. The highest BCUT2D eigenvalue weighted by Crippen LogP contribution is 2.34. The van der Waals surface area contributed by atoms with Crippen LogP contribution in [-0.4, -0.2) is 6.79 Å². The zero-order valence-electron chi connectivity index (χ0n) is 14.7. The van der Waals surface area contributed by atoms with Gasteiger partial charge in [-0.25, -0.2) is 0 Å². The molecule has 0 spiro atoms. The highest BCUT2D eigenvalue weighted by Gasteiger charge is 2.13. The zero-order valence-corrected chi connectivity index (χ0v) is 14.7. The van der Waals surface area contributed by atoms with Crippen molar-refractivity contribution >= 4 is 5.69 Å². The predicted molar refractivity (Wildman–Crippen MR) is 102 cm³/mol. The Morgan fingerprint density at radius 1 is 0.885 bits per heavy atom. The number of para-hydroxylation sites is 1. The van der Waals surface area contributed by atoms with Crippen molar-refractivity contribution in [2.24, 2.45) is 0 Å². The minimum Gasteiger partial charge on any atom is -0.489 e. The van der Waals surface area contributed by atoms with Crippen molar-refractivity contribution in [1.82, 2.24) is 0 Å². The normalized spacial score (nSPS) is 12.0. The van der Waals surface area contributed by atoms with E-state index >= 15 is 0 Å². The fourth-order valence-electron chi connectivity index (χ4n) is 2.92. The van der Waals surface area contributed by atoms with Gasteiger partial charge in [0.05, 0.1) is 0 Å². The van der Waals surface area contributed by atoms with Crippen molar-refractivity contribution in [3.05, 3.63) is 83.4 Å². The second-order valence-electron chi connectivity index (χ2n) is 6.24. The van der Waals surface area contributed by atoms with Crippen molar-refractivity contribution in [3.8, 4) is 17.2 Å². The molecule has 0 aromatic heterocycles. The summed E-state index contributed by atoms with van der Waals surface area (Å²) in [4.78, 5) is 0. The highest BCUT2D eigenvalue weighted by atomic mass is 16.7. The molecule has 0 aliphatic carbocycles. The first-order chi connectivity index (χ1) is 12.8. The molecule has 3 aromatic rings. The number of fused-ring (bicyclic) bond motifs is 1. The molecule has 0 amide bonds. The highest BCUT2D eigenvalue weighted by molar-refractivity contribution is 5.56. The van der Waals surface area contributed by atoms with Gasteiger partial charge < -0.3 is 19.5 Å². The average Bonchev–Trinajstić information content (AvgIpc) is 3.14. The quantitative estimate of drug-likeness (QED) is 0.687. The number of rotatable bonds is 6. The van der Waals surface area contributed by atoms with Crippen LogP contribution >= 0.6 is 0 Å². The summed E-state index contributed by atoms with van der Waals surface area (Å²) < 4.78 is 16.9. The molecule has 0 saturated carbocycles. The van der Waals surface area contributed by atoms with Crippen LogP contribution in [-0.2, 0) is 13.2 Å². The summed E-state index contributed by atoms with van der Waals surface area (Å²) in [5.74, 6) is 2.46. The van der Waals surface area contributed by atoms with E-state index in [2.05, 4.69) is 30.4 Å². The zero-order chi connectivity index (χ0) is 17.8. The van der Waals surface area contributed by atoms with Gasteiger partial charge in [-0.1, -0.05) is 42.5 Å². The molecule has 1 heterocycles. The van der Waals surface area contributed by atoms with Crippen LogP contribution in [0.3, 0.4) is 0 Å². The van der Waals surface area contributed by atoms with E-state index in [9.17, 15) is 0 Å². The SMILES string of the molecule is Cc1ccccc1COc1ccccc1CNc1ccc2c(c1)OCO2. The first-order valence-electron chi connectivity index (χ1n) is 8.68. The molecule has 4 rings (SSSR count). The van der Waals surface area contributed by atoms with Gasteiger partial charge in [-0.2, -0.15) is 0 Å². The molecule has 0 fully saturated rings. The number of ether oxygens (including phenoxy) is 3. The summed E-state index contributed by atoms with van der Waals surface area (Å²) in [7, 11) is 0. The van der Waals surface area contributed by atoms with E-state index in [1.807, 2.05) is 48.5 Å². The molecule has 0 unspecified atom stereocenters. The van der Waals surface area contributed by atoms with Gasteiger partial charge in [-0.15, -0.1) is 0 Å². The number of benzene rings is 3. The predicted octanol–water partition coefficient (Wildman–Crippen LogP) is 4.91. The van der Waals surface area contributed by atoms with E-state index in [0.29, 0.717) is 13.2 Å². The van der Waals surface area contributed by atoms with Crippen LogP contribution in [0.5, 0.6) is 17.2 Å². The Morgan fingerprint density at radius 3 is 2.54 bits per heavy atom. The van der Waals surface area contributed by atoms with Gasteiger partial charge in [-0.05, 0) is 36.2 Å². The summed E-state index contributed by atoms with van der Waals surface area (Å²) in [5, 5.41) is 3.43. The lowest BCUT2D eigenvalue weighted by molar-refractivity contribution is 0.174. The third-order valence-electron chi connectivity index (χ3n) is 4.47. The topological polar surface area (TPSA) is 39.7 Å². The van der Waals surface area contributed by atoms with Crippen LogP contribution in [0.2, 0.25) is 0 Å². The number of hydrogen-bond donors (Lipinski definition) is 1. The third-order valence-corrected chi connectivity index (χ3v) is 4.47. The summed E-state index contributed by atoms with van der Waals surface area (Å²) in [6.07, 6.45) is 0. The molecule has 4 heteroatoms. The van der Waals surface area contributed by atoms with E-state index in [0.717, 1.165) is 28.5 Å². The Morgan fingerprint density at radius 2 is 1.65 bits per heavy atom. The van der Waals surface area contributed by atoms with E-state index in [1.54, 1.807) is 0 Å². The Kier molecular flexibility index (Phi) is 4.65. The van der Waals surface area contributed by atoms with Crippen LogP contribution in [0.4, 0.5) is 5.69 Å². The van der Waals surface area contributed by atoms with Gasteiger partial charge in [0.25, 0.3) is 0 Å². The standard InChI is InChI=1S/C22H21NO3/c1-16-6-2-3-8-18(16)14-24-20-9-5-4-7-17(20)13-23-19-10-11-21-22(12-19)26-15-25-21/h2-12,23H,13-15H2,1H3. The Balaban J connectivity index is 1.43. The first kappa shape index (κ1) is 16.3. The molecular formula is C22H21NO3. The molecule has 1 aliphatic rings. The smallest absolute Gasteiger partial charge is 0.231 e. The van der Waals surface area contributed by atoms with E-state index in [-0.39, 0.29) is 6.79 Å². The average molecular weight is 347 g/mol. The molecule has 0 radical (unpaired) electrons. The molecular weight excluding hydrogens is 326 g/mol. The third kappa shape index (κ3) is 3.59. The number of aryl methyl sites for hydroxylation is 1. The fourth-order valence-corrected chi connectivity index (χ4v) is 2.92. The molecule has 1 aliphatic heterocycles. The van der Waals surface area contributed by atoms with Gasteiger partial charge in [-0.3, -0.25) is 0 Å². The van der Waals surface area contributed by atoms with Gasteiger partial charge >= 0.3 is 0 Å². The van der Waals surface area contributed by atoms with E-state index in [1.165, 1.54) is 11.1 Å². The summed E-state index contributed by atoms with van der Waals surface area (Å²) >= 11 is 0. The fraction of sp³-hybridized carbons (Fsp3) is 0.182. The number of anilines is 1. The van der Waals surface area contributed by atoms with Gasteiger partial charge in [0.15, 0.2) is 11.5 Å². The van der Waals surface area contributed by atoms with E-state index < -0.39 is 0 Å². The molecule has 0 bridgehead atoms. The van der Waals surface area contributed by atoms with E-state index in [4.69, 9.17) is 14.2 Å². The number of nitrogens with one attached hydrogen (secondary N) is 1. The molecule has 26 heavy (non-hydrogen) atoms. The Labute approximate surface area is 153 Å². The molecule has 132 valence electrons. The lowest BCUT2D eigenvalue weighted by atomic mass is 10.1. The lowest BCUT2D eigenvalue weighted by Gasteiger charge is -2.14. The summed E-state index contributed by atoms with van der Waals surface area (Å²) in [6.45, 7) is 3.62. The Hall–Kier alpha value is -3.14. The van der Waals surface area contributed by atoms with Gasteiger partial charge in [0.2, 0.25) is 6.79 Å². The van der Waals surface area contributed by atoms with Gasteiger partial charge in [0.1, 0.15) is 12.4 Å². The van der Waals surface area contributed by atoms with Crippen molar-refractivity contribution < 1.29 is 14.2 Å². The molecule has 0 saturated heterocycles. The lowest BCUT2D eigenvalue weighted by Crippen LogP contribution is -2.04. The minimum atomic E-state index is 0.286. The monoisotopic (exact) mass is 347 g/mol. The maximum absolute atomic E-state index is 6.08. The van der Waals surface area contributed by atoms with Crippen LogP contribution in [0.15, 0.2) is 66.7 Å². The maximum atomic E-state index is 6.08. The summed E-state index contributed by atoms with van der Waals surface area (Å²) in [6, 6.07) is 22.3. The molecule has 3 aromatic carbocycles. The van der Waals surface area contributed by atoms with Crippen LogP contribution in [0.1, 0.15) is 16.7 Å².